The Balaban J connectivity index is 1.71. The van der Waals surface area contributed by atoms with E-state index in [2.05, 4.69) is 27.1 Å². The lowest BCUT2D eigenvalue weighted by atomic mass is 9.75. The highest BCUT2D eigenvalue weighted by Gasteiger charge is 2.35. The molecule has 1 aromatic carbocycles. The molecule has 0 bridgehead atoms. The summed E-state index contributed by atoms with van der Waals surface area (Å²) in [5.74, 6) is 3.27. The molecule has 2 heterocycles. The van der Waals surface area contributed by atoms with Crippen LogP contribution in [0.2, 0.25) is 5.02 Å². The van der Waals surface area contributed by atoms with Crippen molar-refractivity contribution in [3.05, 3.63) is 52.7 Å². The lowest BCUT2D eigenvalue weighted by Crippen LogP contribution is -2.41. The Morgan fingerprint density at radius 2 is 1.92 bits per heavy atom. The summed E-state index contributed by atoms with van der Waals surface area (Å²) in [4.78, 5) is 2.15. The van der Waals surface area contributed by atoms with E-state index in [9.17, 15) is 5.26 Å². The zero-order chi connectivity index (χ0) is 17.0. The average molecular weight is 337 g/mol. The number of halogens is 1. The van der Waals surface area contributed by atoms with Gasteiger partial charge in [-0.2, -0.15) is 5.26 Å². The summed E-state index contributed by atoms with van der Waals surface area (Å²) in [6.45, 7) is 1.53. The van der Waals surface area contributed by atoms with Crippen molar-refractivity contribution in [2.45, 2.75) is 19.3 Å². The molecular weight excluding hydrogens is 320 g/mol. The largest absolute Gasteiger partial charge is 0.355 e. The van der Waals surface area contributed by atoms with Gasteiger partial charge in [0.25, 0.3) is 0 Å². The lowest BCUT2D eigenvalue weighted by Gasteiger charge is -2.38. The Labute approximate surface area is 147 Å². The normalized spacial score (nSPS) is 16.2. The van der Waals surface area contributed by atoms with Crippen LogP contribution in [0.15, 0.2) is 36.4 Å². The third-order valence-electron chi connectivity index (χ3n) is 4.57. The first-order chi connectivity index (χ1) is 11.7. The Bertz CT molecular complexity index is 793. The monoisotopic (exact) mass is 336 g/mol. The highest BCUT2D eigenvalue weighted by atomic mass is 35.5. The van der Waals surface area contributed by atoms with Crippen LogP contribution in [-0.2, 0) is 6.42 Å². The standard InChI is InChI=1S/C19H17ClN4/c1-2-16-7-8-18(23-22-16)24-11-9-19(14-21,10-12-24)13-15-5-3-4-6-17(15)20/h1,3-8H,9-13H2. The van der Waals surface area contributed by atoms with E-state index in [1.54, 1.807) is 6.07 Å². The number of hydrogen-bond acceptors (Lipinski definition) is 4. The van der Waals surface area contributed by atoms with Gasteiger partial charge < -0.3 is 4.90 Å². The van der Waals surface area contributed by atoms with Crippen LogP contribution < -0.4 is 4.90 Å². The molecule has 0 atom stereocenters. The van der Waals surface area contributed by atoms with E-state index in [1.807, 2.05) is 30.3 Å². The smallest absolute Gasteiger partial charge is 0.151 e. The van der Waals surface area contributed by atoms with Crippen molar-refractivity contribution >= 4 is 17.4 Å². The molecule has 120 valence electrons. The van der Waals surface area contributed by atoms with E-state index in [0.717, 1.165) is 42.3 Å². The lowest BCUT2D eigenvalue weighted by molar-refractivity contribution is 0.301. The first-order valence-electron chi connectivity index (χ1n) is 7.86. The maximum Gasteiger partial charge on any atom is 0.151 e. The van der Waals surface area contributed by atoms with Gasteiger partial charge >= 0.3 is 0 Å². The van der Waals surface area contributed by atoms with Crippen LogP contribution in [0.1, 0.15) is 24.1 Å². The maximum absolute atomic E-state index is 9.76. The molecule has 0 N–H and O–H groups in total. The summed E-state index contributed by atoms with van der Waals surface area (Å²) >= 11 is 6.26. The summed E-state index contributed by atoms with van der Waals surface area (Å²) in [6, 6.07) is 14.0. The number of nitriles is 1. The van der Waals surface area contributed by atoms with Gasteiger partial charge in [-0.1, -0.05) is 29.8 Å². The van der Waals surface area contributed by atoms with Gasteiger partial charge in [0, 0.05) is 18.1 Å². The summed E-state index contributed by atoms with van der Waals surface area (Å²) in [6.07, 6.45) is 7.53. The molecule has 1 aliphatic heterocycles. The number of nitrogens with zero attached hydrogens (tertiary/aromatic N) is 4. The van der Waals surface area contributed by atoms with E-state index in [-0.39, 0.29) is 5.41 Å². The molecular formula is C19H17ClN4. The van der Waals surface area contributed by atoms with Crippen molar-refractivity contribution < 1.29 is 0 Å². The van der Waals surface area contributed by atoms with Crippen LogP contribution >= 0.6 is 11.6 Å². The fourth-order valence-electron chi connectivity index (χ4n) is 3.07. The Kier molecular flexibility index (Phi) is 4.69. The van der Waals surface area contributed by atoms with Crippen molar-refractivity contribution in [2.24, 2.45) is 5.41 Å². The van der Waals surface area contributed by atoms with E-state index >= 15 is 0 Å². The Hall–Kier alpha value is -2.56. The van der Waals surface area contributed by atoms with E-state index in [4.69, 9.17) is 18.0 Å². The minimum absolute atomic E-state index is 0.381. The summed E-state index contributed by atoms with van der Waals surface area (Å²) < 4.78 is 0. The summed E-state index contributed by atoms with van der Waals surface area (Å²) in [5, 5.41) is 18.7. The quantitative estimate of drug-likeness (QED) is 0.805. The third kappa shape index (κ3) is 3.35. The molecule has 0 unspecified atom stereocenters. The molecule has 0 amide bonds. The third-order valence-corrected chi connectivity index (χ3v) is 4.94. The number of terminal acetylenes is 1. The minimum Gasteiger partial charge on any atom is -0.355 e. The van der Waals surface area contributed by atoms with E-state index in [1.165, 1.54) is 0 Å². The van der Waals surface area contributed by atoms with Gasteiger partial charge in [-0.3, -0.25) is 0 Å². The summed E-state index contributed by atoms with van der Waals surface area (Å²) in [5.41, 5.74) is 1.18. The van der Waals surface area contributed by atoms with E-state index < -0.39 is 0 Å². The number of rotatable bonds is 3. The molecule has 24 heavy (non-hydrogen) atoms. The highest BCUT2D eigenvalue weighted by Crippen LogP contribution is 2.37. The summed E-state index contributed by atoms with van der Waals surface area (Å²) in [7, 11) is 0. The highest BCUT2D eigenvalue weighted by molar-refractivity contribution is 6.31. The molecule has 1 aromatic heterocycles. The van der Waals surface area contributed by atoms with E-state index in [0.29, 0.717) is 12.1 Å². The predicted octanol–water partition coefficient (Wildman–Crippen LogP) is 3.46. The first-order valence-corrected chi connectivity index (χ1v) is 8.23. The molecule has 4 nitrogen and oxygen atoms in total. The van der Waals surface area contributed by atoms with Crippen LogP contribution in [0, 0.1) is 29.1 Å². The number of anilines is 1. The SMILES string of the molecule is C#Cc1ccc(N2CCC(C#N)(Cc3ccccc3Cl)CC2)nn1. The molecule has 0 radical (unpaired) electrons. The molecule has 0 saturated carbocycles. The van der Waals surface area contributed by atoms with Crippen molar-refractivity contribution in [3.8, 4) is 18.4 Å². The second-order valence-electron chi connectivity index (χ2n) is 6.07. The van der Waals surface area contributed by atoms with Gasteiger partial charge in [0.2, 0.25) is 0 Å². The Morgan fingerprint density at radius 3 is 2.50 bits per heavy atom. The predicted molar refractivity (Wildman–Crippen MR) is 94.6 cm³/mol. The number of aromatic nitrogens is 2. The second-order valence-corrected chi connectivity index (χ2v) is 6.48. The number of benzene rings is 1. The fraction of sp³-hybridized carbons (Fsp3) is 0.316. The fourth-order valence-corrected chi connectivity index (χ4v) is 3.27. The van der Waals surface area contributed by atoms with Crippen LogP contribution in [-0.4, -0.2) is 23.3 Å². The second kappa shape index (κ2) is 6.91. The molecule has 2 aromatic rings. The minimum atomic E-state index is -0.381. The van der Waals surface area contributed by atoms with Gasteiger partial charge in [0.05, 0.1) is 11.5 Å². The molecule has 0 aliphatic carbocycles. The first kappa shape index (κ1) is 16.3. The molecule has 5 heteroatoms. The van der Waals surface area contributed by atoms with Crippen molar-refractivity contribution in [1.29, 1.82) is 5.26 Å². The van der Waals surface area contributed by atoms with Gasteiger partial charge in [0.1, 0.15) is 5.69 Å². The molecule has 3 rings (SSSR count). The van der Waals surface area contributed by atoms with Crippen LogP contribution in [0.25, 0.3) is 0 Å². The molecule has 0 spiro atoms. The zero-order valence-corrected chi connectivity index (χ0v) is 14.0. The van der Waals surface area contributed by atoms with Gasteiger partial charge in [-0.25, -0.2) is 0 Å². The molecule has 1 aliphatic rings. The maximum atomic E-state index is 9.76. The molecule has 1 fully saturated rings. The van der Waals surface area contributed by atoms with Crippen molar-refractivity contribution in [2.75, 3.05) is 18.0 Å². The van der Waals surface area contributed by atoms with Gasteiger partial charge in [0.15, 0.2) is 5.82 Å². The van der Waals surface area contributed by atoms with Crippen molar-refractivity contribution in [1.82, 2.24) is 10.2 Å². The van der Waals surface area contributed by atoms with Crippen LogP contribution in [0.4, 0.5) is 5.82 Å². The Morgan fingerprint density at radius 1 is 1.17 bits per heavy atom. The zero-order valence-electron chi connectivity index (χ0n) is 13.2. The topological polar surface area (TPSA) is 52.8 Å². The van der Waals surface area contributed by atoms with Crippen LogP contribution in [0.5, 0.6) is 0 Å². The van der Waals surface area contributed by atoms with Crippen molar-refractivity contribution in [3.63, 3.8) is 0 Å². The van der Waals surface area contributed by atoms with Crippen LogP contribution in [0.3, 0.4) is 0 Å². The molecule has 1 saturated heterocycles. The number of piperidine rings is 1. The van der Waals surface area contributed by atoms with Gasteiger partial charge in [-0.15, -0.1) is 16.6 Å². The van der Waals surface area contributed by atoms with Gasteiger partial charge in [-0.05, 0) is 48.9 Å². The average Bonchev–Trinajstić information content (AvgIpc) is 2.64. The number of hydrogen-bond donors (Lipinski definition) is 0.